The molecule has 6 nitrogen and oxygen atoms in total. The van der Waals surface area contributed by atoms with E-state index in [1.54, 1.807) is 0 Å². The Bertz CT molecular complexity index is 145. The molecule has 0 fully saturated rings. The van der Waals surface area contributed by atoms with Gasteiger partial charge in [0.2, 0.25) is 0 Å². The minimum Gasteiger partial charge on any atom is -1.00 e. The second-order valence-electron chi connectivity index (χ2n) is 1.62. The molecule has 0 aliphatic rings. The summed E-state index contributed by atoms with van der Waals surface area (Å²) in [5, 5.41) is 16.7. The summed E-state index contributed by atoms with van der Waals surface area (Å²) in [5.41, 5.74) is 0. The number of phosphoric ester groups is 1. The Morgan fingerprint density at radius 1 is 1.42 bits per heavy atom. The Labute approximate surface area is 158 Å². The van der Waals surface area contributed by atoms with Crippen molar-refractivity contribution in [2.75, 3.05) is 13.2 Å². The molecule has 0 rings (SSSR count). The third-order valence-corrected chi connectivity index (χ3v) is 1.13. The van der Waals surface area contributed by atoms with E-state index in [0.717, 1.165) is 0 Å². The van der Waals surface area contributed by atoms with Gasteiger partial charge in [0, 0.05) is 0 Å². The summed E-state index contributed by atoms with van der Waals surface area (Å²) < 4.78 is 13.8. The fourth-order valence-corrected chi connectivity index (χ4v) is 0.602. The second-order valence-corrected chi connectivity index (χ2v) is 2.86. The smallest absolute Gasteiger partial charge is 1.00 e. The molecule has 0 radical (unpaired) electrons. The van der Waals surface area contributed by atoms with E-state index < -0.39 is 27.1 Å². The van der Waals surface area contributed by atoms with Crippen LogP contribution in [0.15, 0.2) is 0 Å². The van der Waals surface area contributed by atoms with Crippen LogP contribution in [0, 0.1) is 0 Å². The Morgan fingerprint density at radius 2 is 1.83 bits per heavy atom. The monoisotopic (exact) mass is 252 g/mol. The molecule has 4 N–H and O–H groups in total. The maximum atomic E-state index is 9.93. The van der Waals surface area contributed by atoms with Crippen molar-refractivity contribution in [2.45, 2.75) is 6.10 Å². The summed E-state index contributed by atoms with van der Waals surface area (Å²) in [5.74, 6) is 0. The van der Waals surface area contributed by atoms with Crippen LogP contribution < -0.4 is 103 Å². The molecule has 9 heteroatoms. The van der Waals surface area contributed by atoms with Gasteiger partial charge in [0.15, 0.2) is 0 Å². The predicted octanol–water partition coefficient (Wildman–Crippen LogP) is -7.32. The van der Waals surface area contributed by atoms with Gasteiger partial charge in [0.05, 0.1) is 13.2 Å². The minimum atomic E-state index is -4.50. The summed E-state index contributed by atoms with van der Waals surface area (Å²) in [7, 11) is -4.50. The van der Waals surface area contributed by atoms with E-state index in [9.17, 15) is 4.57 Å². The van der Waals surface area contributed by atoms with Crippen LogP contribution in [-0.4, -0.2) is 39.3 Å². The molecule has 0 spiro atoms. The van der Waals surface area contributed by atoms with Gasteiger partial charge < -0.3 is 22.9 Å². The van der Waals surface area contributed by atoms with E-state index in [4.69, 9.17) is 20.0 Å². The van der Waals surface area contributed by atoms with Crippen molar-refractivity contribution < 1.29 is 135 Å². The van der Waals surface area contributed by atoms with Crippen molar-refractivity contribution in [3.05, 3.63) is 0 Å². The normalized spacial score (nSPS) is 12.7. The fraction of sp³-hybridized carbons (Fsp3) is 1.00. The van der Waals surface area contributed by atoms with E-state index in [0.29, 0.717) is 0 Å². The number of rotatable bonds is 4. The van der Waals surface area contributed by atoms with Crippen molar-refractivity contribution >= 4 is 7.82 Å². The largest absolute Gasteiger partial charge is 1.00 e. The Morgan fingerprint density at radius 3 is 2.08 bits per heavy atom. The van der Waals surface area contributed by atoms with Gasteiger partial charge in [0.25, 0.3) is 0 Å². The molecule has 0 heterocycles. The van der Waals surface area contributed by atoms with Crippen LogP contribution >= 0.6 is 7.82 Å². The maximum Gasteiger partial charge on any atom is 1.00 e. The fourth-order valence-electron chi connectivity index (χ4n) is 0.236. The number of hydrogen-bond donors (Lipinski definition) is 4. The predicted molar refractivity (Wildman–Crippen MR) is 33.3 cm³/mol. The summed E-state index contributed by atoms with van der Waals surface area (Å²) in [6.45, 7) is -1.15. The zero-order valence-corrected chi connectivity index (χ0v) is 14.2. The molecular weight excluding hydrogens is 241 g/mol. The second kappa shape index (κ2) is 10.8. The van der Waals surface area contributed by atoms with Gasteiger partial charge in [-0.3, -0.25) is 4.52 Å². The molecule has 1 unspecified atom stereocenters. The first-order chi connectivity index (χ1) is 4.45. The van der Waals surface area contributed by atoms with Crippen molar-refractivity contribution in [1.29, 1.82) is 0 Å². The van der Waals surface area contributed by atoms with Gasteiger partial charge in [0.1, 0.15) is 6.10 Å². The third-order valence-electron chi connectivity index (χ3n) is 0.646. The van der Waals surface area contributed by atoms with Crippen LogP contribution in [0.25, 0.3) is 0 Å². The van der Waals surface area contributed by atoms with Crippen LogP contribution in [0.1, 0.15) is 2.85 Å². The Balaban J connectivity index is -0.0000000675. The van der Waals surface area contributed by atoms with Crippen molar-refractivity contribution in [2.24, 2.45) is 0 Å². The quantitative estimate of drug-likeness (QED) is 0.292. The first-order valence-electron chi connectivity index (χ1n) is 2.44. The number of phosphoric acid groups is 1. The molecular formula is C3H11K2O6P. The summed E-state index contributed by atoms with van der Waals surface area (Å²) in [6.07, 6.45) is -1.24. The molecule has 0 aromatic carbocycles. The van der Waals surface area contributed by atoms with E-state index in [1.165, 1.54) is 0 Å². The van der Waals surface area contributed by atoms with Gasteiger partial charge in [-0.15, -0.1) is 0 Å². The Kier molecular flexibility index (Phi) is 18.6. The molecule has 0 aromatic heterocycles. The van der Waals surface area contributed by atoms with Gasteiger partial charge in [-0.25, -0.2) is 4.57 Å². The van der Waals surface area contributed by atoms with Crippen LogP contribution in [0.2, 0.25) is 0 Å². The molecule has 0 aliphatic carbocycles. The van der Waals surface area contributed by atoms with E-state index >= 15 is 0 Å². The molecule has 0 saturated heterocycles. The van der Waals surface area contributed by atoms with E-state index in [-0.39, 0.29) is 106 Å². The number of aliphatic hydroxyl groups excluding tert-OH is 2. The van der Waals surface area contributed by atoms with E-state index in [1.807, 2.05) is 0 Å². The van der Waals surface area contributed by atoms with Crippen LogP contribution in [0.4, 0.5) is 0 Å². The van der Waals surface area contributed by atoms with Gasteiger partial charge in [-0.05, 0) is 0 Å². The summed E-state index contributed by atoms with van der Waals surface area (Å²) in [4.78, 5) is 16.1. The third kappa shape index (κ3) is 15.8. The van der Waals surface area contributed by atoms with Gasteiger partial charge in [-0.2, -0.15) is 0 Å². The van der Waals surface area contributed by atoms with Crippen LogP contribution in [-0.2, 0) is 9.09 Å². The van der Waals surface area contributed by atoms with E-state index in [2.05, 4.69) is 4.52 Å². The molecule has 0 aromatic rings. The molecule has 0 aliphatic heterocycles. The zero-order chi connectivity index (χ0) is 8.20. The standard InChI is InChI=1S/C3H9O6P.2K.2H/c4-1-3(5)2-9-10(6,7)8;;;;/h3-5H,1-2H2,(H2,6,7,8);;;;/q;2*+1;2*-1. The average Bonchev–Trinajstić information content (AvgIpc) is 1.81. The average molecular weight is 252 g/mol. The topological polar surface area (TPSA) is 107 Å². The van der Waals surface area contributed by atoms with Gasteiger partial charge >= 0.3 is 111 Å². The van der Waals surface area contributed by atoms with Crippen molar-refractivity contribution in [3.63, 3.8) is 0 Å². The molecule has 0 bridgehead atoms. The van der Waals surface area contributed by atoms with Crippen molar-refractivity contribution in [3.8, 4) is 0 Å². The molecule has 0 amide bonds. The SMILES string of the molecule is O=P(O)(O)OCC(O)CO.[H-].[H-].[K+].[K+]. The summed E-state index contributed by atoms with van der Waals surface area (Å²) in [6, 6.07) is 0. The zero-order valence-electron chi connectivity index (χ0n) is 9.04. The molecule has 0 saturated carbocycles. The Hall–Kier alpha value is 3.30. The molecule has 1 atom stereocenters. The minimum absolute atomic E-state index is 0. The van der Waals surface area contributed by atoms with Crippen LogP contribution in [0.5, 0.6) is 0 Å². The van der Waals surface area contributed by atoms with Crippen LogP contribution in [0.3, 0.4) is 0 Å². The molecule has 66 valence electrons. The first kappa shape index (κ1) is 20.7. The molecule has 12 heavy (non-hydrogen) atoms. The summed E-state index contributed by atoms with van der Waals surface area (Å²) >= 11 is 0. The van der Waals surface area contributed by atoms with Gasteiger partial charge in [-0.1, -0.05) is 0 Å². The van der Waals surface area contributed by atoms with Crippen molar-refractivity contribution in [1.82, 2.24) is 0 Å². The number of aliphatic hydroxyl groups is 2. The maximum absolute atomic E-state index is 9.93. The first-order valence-corrected chi connectivity index (χ1v) is 3.98. The number of hydrogen-bond acceptors (Lipinski definition) is 4.